The molecule has 7 nitrogen and oxygen atoms in total. The number of urea groups is 1. The summed E-state index contributed by atoms with van der Waals surface area (Å²) in [5.74, 6) is -0.529. The SMILES string of the molecule is CCN(CCc1ccncc1)C(=O)NCCCN1C(=O)c2ccccc2C1=O. The minimum atomic E-state index is -0.264. The van der Waals surface area contributed by atoms with E-state index in [0.717, 1.165) is 12.0 Å². The molecule has 7 heteroatoms. The molecule has 4 amide bonds. The fourth-order valence-electron chi connectivity index (χ4n) is 3.20. The van der Waals surface area contributed by atoms with E-state index in [1.54, 1.807) is 41.6 Å². The second-order valence-corrected chi connectivity index (χ2v) is 6.58. The van der Waals surface area contributed by atoms with Crippen LogP contribution in [0.4, 0.5) is 4.79 Å². The van der Waals surface area contributed by atoms with Crippen molar-refractivity contribution in [3.63, 3.8) is 0 Å². The van der Waals surface area contributed by atoms with E-state index in [1.165, 1.54) is 4.90 Å². The lowest BCUT2D eigenvalue weighted by molar-refractivity contribution is 0.0653. The van der Waals surface area contributed by atoms with Gasteiger partial charge in [-0.25, -0.2) is 4.79 Å². The number of rotatable bonds is 8. The molecule has 0 saturated carbocycles. The number of carbonyl (C=O) groups excluding carboxylic acids is 3. The van der Waals surface area contributed by atoms with Gasteiger partial charge in [0, 0.05) is 38.6 Å². The highest BCUT2D eigenvalue weighted by Crippen LogP contribution is 2.22. The normalized spacial score (nSPS) is 12.8. The Morgan fingerprint density at radius 3 is 2.32 bits per heavy atom. The van der Waals surface area contributed by atoms with Crippen LogP contribution in [0.15, 0.2) is 48.8 Å². The average Bonchev–Trinajstić information content (AvgIpc) is 2.97. The fourth-order valence-corrected chi connectivity index (χ4v) is 3.20. The number of aromatic nitrogens is 1. The highest BCUT2D eigenvalue weighted by Gasteiger charge is 2.34. The van der Waals surface area contributed by atoms with Gasteiger partial charge < -0.3 is 10.2 Å². The number of pyridine rings is 1. The molecule has 3 rings (SSSR count). The number of amides is 4. The van der Waals surface area contributed by atoms with Crippen LogP contribution >= 0.6 is 0 Å². The van der Waals surface area contributed by atoms with Gasteiger partial charge in [-0.3, -0.25) is 19.5 Å². The maximum absolute atomic E-state index is 12.4. The number of benzene rings is 1. The first-order valence-electron chi connectivity index (χ1n) is 9.48. The summed E-state index contributed by atoms with van der Waals surface area (Å²) >= 11 is 0. The summed E-state index contributed by atoms with van der Waals surface area (Å²) in [6.45, 7) is 3.85. The zero-order valence-corrected chi connectivity index (χ0v) is 15.9. The molecule has 0 spiro atoms. The van der Waals surface area contributed by atoms with Crippen LogP contribution in [-0.2, 0) is 6.42 Å². The molecule has 0 atom stereocenters. The van der Waals surface area contributed by atoms with Crippen molar-refractivity contribution in [1.82, 2.24) is 20.1 Å². The fraction of sp³-hybridized carbons (Fsp3) is 0.333. The van der Waals surface area contributed by atoms with E-state index in [0.29, 0.717) is 37.2 Å². The molecule has 0 radical (unpaired) electrons. The van der Waals surface area contributed by atoms with Gasteiger partial charge in [0.15, 0.2) is 0 Å². The molecule has 2 aromatic rings. The van der Waals surface area contributed by atoms with Crippen LogP contribution in [0.5, 0.6) is 0 Å². The van der Waals surface area contributed by atoms with Crippen LogP contribution in [-0.4, -0.2) is 58.8 Å². The van der Waals surface area contributed by atoms with E-state index in [4.69, 9.17) is 0 Å². The maximum Gasteiger partial charge on any atom is 0.317 e. The molecule has 1 aromatic heterocycles. The van der Waals surface area contributed by atoms with Gasteiger partial charge in [0.25, 0.3) is 11.8 Å². The van der Waals surface area contributed by atoms with Crippen LogP contribution in [0, 0.1) is 0 Å². The van der Waals surface area contributed by atoms with Gasteiger partial charge in [0.05, 0.1) is 11.1 Å². The van der Waals surface area contributed by atoms with E-state index in [-0.39, 0.29) is 24.4 Å². The van der Waals surface area contributed by atoms with Crippen molar-refractivity contribution in [2.24, 2.45) is 0 Å². The Labute approximate surface area is 164 Å². The van der Waals surface area contributed by atoms with Crippen molar-refractivity contribution in [3.8, 4) is 0 Å². The first-order chi connectivity index (χ1) is 13.6. The lowest BCUT2D eigenvalue weighted by atomic mass is 10.1. The van der Waals surface area contributed by atoms with Crippen molar-refractivity contribution in [3.05, 3.63) is 65.5 Å². The number of nitrogens with zero attached hydrogens (tertiary/aromatic N) is 3. The Balaban J connectivity index is 1.42. The summed E-state index contributed by atoms with van der Waals surface area (Å²) in [5.41, 5.74) is 2.03. The van der Waals surface area contributed by atoms with Crippen LogP contribution < -0.4 is 5.32 Å². The molecule has 0 saturated heterocycles. The average molecular weight is 380 g/mol. The first kappa shape index (κ1) is 19.5. The molecular formula is C21H24N4O3. The number of likely N-dealkylation sites (N-methyl/N-ethyl adjacent to an activating group) is 1. The lowest BCUT2D eigenvalue weighted by Gasteiger charge is -2.22. The van der Waals surface area contributed by atoms with Crippen molar-refractivity contribution < 1.29 is 14.4 Å². The summed E-state index contributed by atoms with van der Waals surface area (Å²) in [5, 5.41) is 2.87. The van der Waals surface area contributed by atoms with Gasteiger partial charge in [-0.1, -0.05) is 12.1 Å². The van der Waals surface area contributed by atoms with Crippen LogP contribution in [0.3, 0.4) is 0 Å². The van der Waals surface area contributed by atoms with Gasteiger partial charge in [-0.2, -0.15) is 0 Å². The summed E-state index contributed by atoms with van der Waals surface area (Å²) in [7, 11) is 0. The zero-order chi connectivity index (χ0) is 19.9. The largest absolute Gasteiger partial charge is 0.338 e. The minimum absolute atomic E-state index is 0.140. The third-order valence-electron chi connectivity index (χ3n) is 4.80. The third kappa shape index (κ3) is 4.36. The minimum Gasteiger partial charge on any atom is -0.338 e. The van der Waals surface area contributed by atoms with Gasteiger partial charge >= 0.3 is 6.03 Å². The topological polar surface area (TPSA) is 82.6 Å². The molecule has 0 unspecified atom stereocenters. The van der Waals surface area contributed by atoms with Gasteiger partial charge in [-0.05, 0) is 49.6 Å². The predicted octanol–water partition coefficient (Wildman–Crippen LogP) is 2.34. The van der Waals surface area contributed by atoms with E-state index < -0.39 is 0 Å². The smallest absolute Gasteiger partial charge is 0.317 e. The molecule has 28 heavy (non-hydrogen) atoms. The highest BCUT2D eigenvalue weighted by atomic mass is 16.2. The molecule has 1 N–H and O–H groups in total. The van der Waals surface area contributed by atoms with Crippen LogP contribution in [0.2, 0.25) is 0 Å². The summed E-state index contributed by atoms with van der Waals surface area (Å²) in [6, 6.07) is 10.6. The third-order valence-corrected chi connectivity index (χ3v) is 4.80. The monoisotopic (exact) mass is 380 g/mol. The Morgan fingerprint density at radius 1 is 1.07 bits per heavy atom. The molecule has 1 aliphatic rings. The van der Waals surface area contributed by atoms with Crippen LogP contribution in [0.1, 0.15) is 39.6 Å². The Hall–Kier alpha value is -3.22. The molecular weight excluding hydrogens is 356 g/mol. The molecule has 0 bridgehead atoms. The number of hydrogen-bond donors (Lipinski definition) is 1. The number of carbonyl (C=O) groups is 3. The van der Waals surface area contributed by atoms with Crippen molar-refractivity contribution in [2.45, 2.75) is 19.8 Å². The zero-order valence-electron chi connectivity index (χ0n) is 15.9. The number of imide groups is 1. The van der Waals surface area contributed by atoms with Crippen molar-refractivity contribution >= 4 is 17.8 Å². The highest BCUT2D eigenvalue weighted by molar-refractivity contribution is 6.21. The standard InChI is InChI=1S/C21H24N4O3/c1-2-24(15-10-16-8-12-22-13-9-16)21(28)23-11-5-14-25-19(26)17-6-3-4-7-18(17)20(25)27/h3-4,6-9,12-13H,2,5,10-11,14-15H2,1H3,(H,23,28). The van der Waals surface area contributed by atoms with E-state index in [1.807, 2.05) is 19.1 Å². The Kier molecular flexibility index (Phi) is 6.37. The first-order valence-corrected chi connectivity index (χ1v) is 9.48. The number of hydrogen-bond acceptors (Lipinski definition) is 4. The van der Waals surface area contributed by atoms with Crippen molar-refractivity contribution in [1.29, 1.82) is 0 Å². The second-order valence-electron chi connectivity index (χ2n) is 6.58. The van der Waals surface area contributed by atoms with Crippen molar-refractivity contribution in [2.75, 3.05) is 26.2 Å². The summed E-state index contributed by atoms with van der Waals surface area (Å²) < 4.78 is 0. The number of fused-ring (bicyclic) bond motifs is 1. The lowest BCUT2D eigenvalue weighted by Crippen LogP contribution is -2.42. The predicted molar refractivity (Wildman–Crippen MR) is 105 cm³/mol. The van der Waals surface area contributed by atoms with E-state index in [2.05, 4.69) is 10.3 Å². The summed E-state index contributed by atoms with van der Waals surface area (Å²) in [6.07, 6.45) is 4.76. The molecule has 0 aliphatic carbocycles. The molecule has 0 fully saturated rings. The molecule has 1 aliphatic heterocycles. The van der Waals surface area contributed by atoms with E-state index in [9.17, 15) is 14.4 Å². The summed E-state index contributed by atoms with van der Waals surface area (Å²) in [4.78, 5) is 44.0. The molecule has 146 valence electrons. The second kappa shape index (κ2) is 9.12. The Bertz CT molecular complexity index is 819. The number of nitrogens with one attached hydrogen (secondary N) is 1. The quantitative estimate of drug-likeness (QED) is 0.563. The molecule has 1 aromatic carbocycles. The molecule has 2 heterocycles. The van der Waals surface area contributed by atoms with Gasteiger partial charge in [0.1, 0.15) is 0 Å². The maximum atomic E-state index is 12.4. The van der Waals surface area contributed by atoms with Gasteiger partial charge in [0.2, 0.25) is 0 Å². The van der Waals surface area contributed by atoms with E-state index >= 15 is 0 Å². The van der Waals surface area contributed by atoms with Crippen LogP contribution in [0.25, 0.3) is 0 Å². The van der Waals surface area contributed by atoms with Gasteiger partial charge in [-0.15, -0.1) is 0 Å². The Morgan fingerprint density at radius 2 is 1.71 bits per heavy atom.